The third-order valence-electron chi connectivity index (χ3n) is 10.2. The summed E-state index contributed by atoms with van der Waals surface area (Å²) in [4.78, 5) is 13.4. The van der Waals surface area contributed by atoms with E-state index in [9.17, 15) is 17.8 Å². The van der Waals surface area contributed by atoms with Crippen LogP contribution in [0.4, 0.5) is 11.4 Å². The van der Waals surface area contributed by atoms with Crippen LogP contribution in [0.15, 0.2) is 95.6 Å². The van der Waals surface area contributed by atoms with Crippen molar-refractivity contribution in [1.82, 2.24) is 0 Å². The average Bonchev–Trinajstić information content (AvgIpc) is 3.41. The van der Waals surface area contributed by atoms with Gasteiger partial charge in [-0.05, 0) is 72.7 Å². The monoisotopic (exact) mass is 681 g/mol. The van der Waals surface area contributed by atoms with E-state index in [1.165, 1.54) is 33.8 Å². The van der Waals surface area contributed by atoms with Crippen LogP contribution in [0.25, 0.3) is 21.5 Å². The Labute approximate surface area is 288 Å². The van der Waals surface area contributed by atoms with Gasteiger partial charge in [0.05, 0.1) is 12.0 Å². The van der Waals surface area contributed by atoms with E-state index in [1.807, 2.05) is 12.1 Å². The number of ether oxygens (including phenoxy) is 1. The molecule has 0 unspecified atom stereocenters. The number of benzene rings is 4. The lowest BCUT2D eigenvalue weighted by Crippen LogP contribution is -2.29. The molecule has 4 aromatic carbocycles. The highest BCUT2D eigenvalue weighted by atomic mass is 32.2. The Morgan fingerprint density at radius 2 is 1.63 bits per heavy atom. The molecule has 2 aliphatic heterocycles. The smallest absolute Gasteiger partial charge is 0.303 e. The Morgan fingerprint density at radius 3 is 2.37 bits per heavy atom. The van der Waals surface area contributed by atoms with Crippen LogP contribution in [0.1, 0.15) is 64.5 Å². The third kappa shape index (κ3) is 6.20. The number of methoxy groups -OCH3 is 1. The number of allylic oxidation sites excluding steroid dienone is 4. The molecule has 0 atom stereocenters. The maximum atomic E-state index is 12.3. The number of hydrogen-bond acceptors (Lipinski definition) is 5. The molecule has 6 rings (SSSR count). The Bertz CT molecular complexity index is 2160. The van der Waals surface area contributed by atoms with Crippen LogP contribution in [0.5, 0.6) is 0 Å². The molecular weight excluding hydrogens is 637 g/mol. The summed E-state index contributed by atoms with van der Waals surface area (Å²) < 4.78 is 42.5. The summed E-state index contributed by atoms with van der Waals surface area (Å²) in [5.74, 6) is -0.790. The van der Waals surface area contributed by atoms with Gasteiger partial charge >= 0.3 is 5.97 Å². The average molecular weight is 682 g/mol. The van der Waals surface area contributed by atoms with E-state index in [0.717, 1.165) is 35.2 Å². The first-order chi connectivity index (χ1) is 23.3. The van der Waals surface area contributed by atoms with Crippen LogP contribution in [0.2, 0.25) is 0 Å². The van der Waals surface area contributed by atoms with Crippen molar-refractivity contribution in [3.05, 3.63) is 102 Å². The summed E-state index contributed by atoms with van der Waals surface area (Å²) in [6, 6.07) is 21.7. The fourth-order valence-corrected chi connectivity index (χ4v) is 8.68. The van der Waals surface area contributed by atoms with Crippen LogP contribution in [0.3, 0.4) is 0 Å². The standard InChI is InChI=1S/C40H44N2O6S/c1-39(2)35(42(25-26-48-5)31-22-20-27-13-8-9-14-28(27)37(31)39)18-12-17-34-40(3,4)38-30-15-11-16-33(49(45,46)47)29(30)21-23-32(38)41(34)24-10-6-7-19-36(43)44/h8-9,11-18,20-23H,6-7,10,19,24-26H2,1-5H3,(H-,43,44,45,46,47)/p+1. The number of hydrogen-bond donors (Lipinski definition) is 2. The molecule has 0 fully saturated rings. The molecular formula is C40H45N2O6S+. The first kappa shape index (κ1) is 34.5. The number of anilines is 1. The number of carboxylic acids is 1. The highest BCUT2D eigenvalue weighted by molar-refractivity contribution is 7.86. The molecule has 0 aromatic heterocycles. The molecule has 256 valence electrons. The first-order valence-corrected chi connectivity index (χ1v) is 18.3. The lowest BCUT2D eigenvalue weighted by atomic mass is 9.79. The number of fused-ring (bicyclic) bond motifs is 6. The zero-order valence-corrected chi connectivity index (χ0v) is 29.7. The number of carbonyl (C=O) groups is 1. The first-order valence-electron chi connectivity index (χ1n) is 16.9. The number of rotatable bonds is 12. The highest BCUT2D eigenvalue weighted by Gasteiger charge is 2.46. The van der Waals surface area contributed by atoms with Crippen molar-refractivity contribution in [2.45, 2.75) is 69.1 Å². The summed E-state index contributed by atoms with van der Waals surface area (Å²) in [5, 5.41) is 12.9. The van der Waals surface area contributed by atoms with Crippen molar-refractivity contribution >= 4 is 54.7 Å². The molecule has 49 heavy (non-hydrogen) atoms. The summed E-state index contributed by atoms with van der Waals surface area (Å²) in [7, 11) is -2.70. The predicted molar refractivity (Wildman–Crippen MR) is 196 cm³/mol. The molecule has 8 nitrogen and oxygen atoms in total. The second kappa shape index (κ2) is 13.2. The number of unbranched alkanes of at least 4 members (excludes halogenated alkanes) is 2. The van der Waals surface area contributed by atoms with Gasteiger partial charge < -0.3 is 14.7 Å². The van der Waals surface area contributed by atoms with Gasteiger partial charge in [-0.1, -0.05) is 62.4 Å². The van der Waals surface area contributed by atoms with Gasteiger partial charge in [0.15, 0.2) is 5.71 Å². The second-order valence-electron chi connectivity index (χ2n) is 14.0. The third-order valence-corrected chi connectivity index (χ3v) is 11.1. The van der Waals surface area contributed by atoms with Gasteiger partial charge in [0.2, 0.25) is 5.69 Å². The maximum Gasteiger partial charge on any atom is 0.303 e. The molecule has 0 spiro atoms. The van der Waals surface area contributed by atoms with E-state index in [1.54, 1.807) is 19.2 Å². The van der Waals surface area contributed by atoms with E-state index in [4.69, 9.17) is 9.84 Å². The fourth-order valence-electron chi connectivity index (χ4n) is 7.97. The molecule has 0 radical (unpaired) electrons. The molecule has 0 saturated carbocycles. The molecule has 2 aliphatic rings. The van der Waals surface area contributed by atoms with Gasteiger partial charge in [0, 0.05) is 66.4 Å². The van der Waals surface area contributed by atoms with Crippen LogP contribution < -0.4 is 4.90 Å². The Balaban J connectivity index is 1.45. The van der Waals surface area contributed by atoms with Gasteiger partial charge in [-0.25, -0.2) is 0 Å². The summed E-state index contributed by atoms with van der Waals surface area (Å²) in [5.41, 5.74) is 5.90. The van der Waals surface area contributed by atoms with Crippen LogP contribution in [-0.4, -0.2) is 61.1 Å². The van der Waals surface area contributed by atoms with E-state index < -0.39 is 21.5 Å². The minimum absolute atomic E-state index is 0.107. The second-order valence-corrected chi connectivity index (χ2v) is 15.4. The van der Waals surface area contributed by atoms with Gasteiger partial charge in [0.25, 0.3) is 10.1 Å². The molecule has 9 heteroatoms. The van der Waals surface area contributed by atoms with Crippen molar-refractivity contribution in [3.63, 3.8) is 0 Å². The van der Waals surface area contributed by atoms with Gasteiger partial charge in [-0.3, -0.25) is 9.35 Å². The number of aliphatic carboxylic acids is 1. The number of nitrogens with zero attached hydrogens (tertiary/aromatic N) is 2. The zero-order chi connectivity index (χ0) is 35.1. The van der Waals surface area contributed by atoms with Crippen LogP contribution in [-0.2, 0) is 30.5 Å². The Kier molecular flexibility index (Phi) is 9.30. The molecule has 2 N–H and O–H groups in total. The zero-order valence-electron chi connectivity index (χ0n) is 28.9. The maximum absolute atomic E-state index is 12.3. The molecule has 0 aliphatic carbocycles. The molecule has 0 bridgehead atoms. The van der Waals surface area contributed by atoms with Crippen molar-refractivity contribution in [3.8, 4) is 0 Å². The quantitative estimate of drug-likeness (QED) is 0.0883. The molecule has 2 heterocycles. The normalized spacial score (nSPS) is 17.5. The molecule has 0 saturated heterocycles. The van der Waals surface area contributed by atoms with Crippen LogP contribution >= 0.6 is 0 Å². The van der Waals surface area contributed by atoms with E-state index >= 15 is 0 Å². The minimum atomic E-state index is -4.43. The SMILES string of the molecule is COCCN1/C(=C/C=C/C2=[N+](CCCCCC(=O)O)c3ccc4c(S(=O)(=O)O)cccc4c3C2(C)C)C(C)(C)c2c1ccc1ccccc21. The van der Waals surface area contributed by atoms with Crippen molar-refractivity contribution in [1.29, 1.82) is 0 Å². The van der Waals surface area contributed by atoms with Crippen molar-refractivity contribution < 1.29 is 32.2 Å². The summed E-state index contributed by atoms with van der Waals surface area (Å²) >= 11 is 0. The Hall–Kier alpha value is -4.31. The van der Waals surface area contributed by atoms with Gasteiger partial charge in [0.1, 0.15) is 11.4 Å². The van der Waals surface area contributed by atoms with E-state index in [2.05, 4.69) is 91.8 Å². The van der Waals surface area contributed by atoms with E-state index in [-0.39, 0.29) is 16.7 Å². The topological polar surface area (TPSA) is 107 Å². The fraction of sp³-hybridized carbons (Fsp3) is 0.350. The van der Waals surface area contributed by atoms with E-state index in [0.29, 0.717) is 31.5 Å². The predicted octanol–water partition coefficient (Wildman–Crippen LogP) is 8.15. The van der Waals surface area contributed by atoms with Gasteiger partial charge in [-0.15, -0.1) is 0 Å². The lowest BCUT2D eigenvalue weighted by Gasteiger charge is -2.27. The lowest BCUT2D eigenvalue weighted by molar-refractivity contribution is -0.438. The van der Waals surface area contributed by atoms with Crippen LogP contribution in [0, 0.1) is 0 Å². The highest BCUT2D eigenvalue weighted by Crippen LogP contribution is 2.51. The summed E-state index contributed by atoms with van der Waals surface area (Å²) in [6.07, 6.45) is 8.80. The van der Waals surface area contributed by atoms with Crippen molar-refractivity contribution in [2.75, 3.05) is 31.7 Å². The van der Waals surface area contributed by atoms with Gasteiger partial charge in [-0.2, -0.15) is 13.0 Å². The molecule has 4 aromatic rings. The van der Waals surface area contributed by atoms with Crippen molar-refractivity contribution in [2.24, 2.45) is 0 Å². The minimum Gasteiger partial charge on any atom is -0.481 e. The molecule has 0 amide bonds. The largest absolute Gasteiger partial charge is 0.481 e. The summed E-state index contributed by atoms with van der Waals surface area (Å²) in [6.45, 7) is 10.8. The Morgan fingerprint density at radius 1 is 0.878 bits per heavy atom. The number of carboxylic acid groups (broad SMARTS) is 1.